The van der Waals surface area contributed by atoms with Gasteiger partial charge in [-0.2, -0.15) is 11.8 Å². The van der Waals surface area contributed by atoms with E-state index in [0.717, 1.165) is 12.2 Å². The fourth-order valence-corrected chi connectivity index (χ4v) is 3.77. The summed E-state index contributed by atoms with van der Waals surface area (Å²) >= 11 is 3.15. The zero-order valence-corrected chi connectivity index (χ0v) is 12.3. The Kier molecular flexibility index (Phi) is 6.31. The molecule has 1 saturated heterocycles. The Labute approximate surface area is 116 Å². The number of rotatable bonds is 6. The van der Waals surface area contributed by atoms with Crippen LogP contribution >= 0.6 is 23.5 Å². The predicted molar refractivity (Wildman–Crippen MR) is 75.8 cm³/mol. The van der Waals surface area contributed by atoms with Crippen molar-refractivity contribution < 1.29 is 14.7 Å². The summed E-state index contributed by atoms with van der Waals surface area (Å²) in [7, 11) is 0. The zero-order valence-electron chi connectivity index (χ0n) is 10.7. The lowest BCUT2D eigenvalue weighted by atomic mass is 10.1. The third-order valence-corrected chi connectivity index (χ3v) is 5.03. The highest BCUT2D eigenvalue weighted by Gasteiger charge is 2.42. The fourth-order valence-electron chi connectivity index (χ4n) is 1.92. The van der Waals surface area contributed by atoms with Crippen LogP contribution in [0.15, 0.2) is 0 Å². The highest BCUT2D eigenvalue weighted by Crippen LogP contribution is 2.31. The van der Waals surface area contributed by atoms with Crippen LogP contribution < -0.4 is 5.73 Å². The smallest absolute Gasteiger partial charge is 0.327 e. The molecule has 5 nitrogen and oxygen atoms in total. The number of carbonyl (C=O) groups excluding carboxylic acids is 1. The molecule has 1 fully saturated rings. The molecule has 0 spiro atoms. The van der Waals surface area contributed by atoms with E-state index in [9.17, 15) is 9.59 Å². The van der Waals surface area contributed by atoms with Gasteiger partial charge in [0, 0.05) is 5.75 Å². The Morgan fingerprint density at radius 1 is 1.61 bits per heavy atom. The summed E-state index contributed by atoms with van der Waals surface area (Å²) < 4.78 is 0. The van der Waals surface area contributed by atoms with Gasteiger partial charge >= 0.3 is 5.97 Å². The predicted octanol–water partition coefficient (Wildman–Crippen LogP) is 0.832. The molecule has 3 atom stereocenters. The summed E-state index contributed by atoms with van der Waals surface area (Å²) in [6, 6.07) is -1.32. The number of aliphatic carboxylic acids is 1. The Morgan fingerprint density at radius 2 is 2.28 bits per heavy atom. The molecule has 0 aromatic heterocycles. The summed E-state index contributed by atoms with van der Waals surface area (Å²) in [5.74, 6) is 0.0919. The van der Waals surface area contributed by atoms with Crippen LogP contribution in [0.1, 0.15) is 19.8 Å². The van der Waals surface area contributed by atoms with E-state index >= 15 is 0 Å². The van der Waals surface area contributed by atoms with Crippen LogP contribution in [0.5, 0.6) is 0 Å². The molecule has 0 saturated carbocycles. The van der Waals surface area contributed by atoms with E-state index < -0.39 is 18.1 Å². The first-order valence-electron chi connectivity index (χ1n) is 5.94. The number of thioether (sulfide) groups is 2. The topological polar surface area (TPSA) is 83.6 Å². The first-order chi connectivity index (χ1) is 8.52. The molecular weight excluding hydrogens is 272 g/mol. The third kappa shape index (κ3) is 3.55. The number of carboxylic acid groups (broad SMARTS) is 1. The average Bonchev–Trinajstić information content (AvgIpc) is 2.78. The van der Waals surface area contributed by atoms with Crippen LogP contribution in [0.3, 0.4) is 0 Å². The van der Waals surface area contributed by atoms with Gasteiger partial charge in [-0.05, 0) is 24.9 Å². The molecule has 2 unspecified atom stereocenters. The van der Waals surface area contributed by atoms with Crippen molar-refractivity contribution in [2.75, 3.05) is 17.8 Å². The number of hydrogen-bond acceptors (Lipinski definition) is 5. The van der Waals surface area contributed by atoms with E-state index in [-0.39, 0.29) is 11.3 Å². The molecule has 0 bridgehead atoms. The van der Waals surface area contributed by atoms with Crippen molar-refractivity contribution in [1.82, 2.24) is 4.90 Å². The van der Waals surface area contributed by atoms with E-state index in [1.807, 2.05) is 13.2 Å². The van der Waals surface area contributed by atoms with Crippen molar-refractivity contribution in [3.05, 3.63) is 0 Å². The molecule has 0 aromatic carbocycles. The normalized spacial score (nSPS) is 25.2. The van der Waals surface area contributed by atoms with Gasteiger partial charge in [0.05, 0.1) is 11.4 Å². The van der Waals surface area contributed by atoms with Crippen LogP contribution in [-0.4, -0.2) is 57.1 Å². The quantitative estimate of drug-likeness (QED) is 0.754. The Balaban J connectivity index is 2.74. The Bertz CT molecular complexity index is 315. The molecule has 1 aliphatic heterocycles. The van der Waals surface area contributed by atoms with Crippen LogP contribution in [0, 0.1) is 0 Å². The molecular formula is C11H20N2O3S2. The Hall–Kier alpha value is -0.400. The standard InChI is InChI=1S/C11H20N2O3S2/c1-3-9-13(8(6-18-9)11(15)16)10(14)7(12)4-5-17-2/h7-9H,3-6,12H2,1-2H3,(H,15,16)/t7-,8?,9?/m1/s1. The maximum Gasteiger partial charge on any atom is 0.327 e. The number of hydrogen-bond donors (Lipinski definition) is 2. The summed E-state index contributed by atoms with van der Waals surface area (Å²) in [6.45, 7) is 1.95. The summed E-state index contributed by atoms with van der Waals surface area (Å²) in [5, 5.41) is 9.10. The lowest BCUT2D eigenvalue weighted by Gasteiger charge is -2.29. The van der Waals surface area contributed by atoms with E-state index in [1.54, 1.807) is 11.8 Å². The number of carboxylic acids is 1. The van der Waals surface area contributed by atoms with Gasteiger partial charge in [-0.15, -0.1) is 11.8 Å². The fraction of sp³-hybridized carbons (Fsp3) is 0.818. The lowest BCUT2D eigenvalue weighted by Crippen LogP contribution is -2.52. The third-order valence-electron chi connectivity index (χ3n) is 2.93. The van der Waals surface area contributed by atoms with Crippen molar-refractivity contribution in [2.24, 2.45) is 5.73 Å². The second-order valence-corrected chi connectivity index (χ2v) is 6.38. The van der Waals surface area contributed by atoms with Gasteiger partial charge in [-0.1, -0.05) is 6.92 Å². The van der Waals surface area contributed by atoms with E-state index in [1.165, 1.54) is 16.7 Å². The highest BCUT2D eigenvalue weighted by molar-refractivity contribution is 8.00. The van der Waals surface area contributed by atoms with E-state index in [4.69, 9.17) is 10.8 Å². The SMILES string of the molecule is CCC1SCC(C(=O)O)N1C(=O)[C@H](N)CCSC. The van der Waals surface area contributed by atoms with Crippen molar-refractivity contribution >= 4 is 35.4 Å². The van der Waals surface area contributed by atoms with Gasteiger partial charge in [0.15, 0.2) is 0 Å². The molecule has 0 aromatic rings. The molecule has 18 heavy (non-hydrogen) atoms. The maximum absolute atomic E-state index is 12.3. The van der Waals surface area contributed by atoms with Crippen LogP contribution in [0.4, 0.5) is 0 Å². The molecule has 7 heteroatoms. The first kappa shape index (κ1) is 15.7. The Morgan fingerprint density at radius 3 is 2.78 bits per heavy atom. The molecule has 1 aliphatic rings. The molecule has 3 N–H and O–H groups in total. The second kappa shape index (κ2) is 7.25. The second-order valence-electron chi connectivity index (χ2n) is 4.18. The minimum atomic E-state index is -0.941. The van der Waals surface area contributed by atoms with Gasteiger partial charge in [0.1, 0.15) is 6.04 Å². The maximum atomic E-state index is 12.3. The number of amides is 1. The number of carbonyl (C=O) groups is 2. The lowest BCUT2D eigenvalue weighted by molar-refractivity contribution is -0.149. The largest absolute Gasteiger partial charge is 0.480 e. The first-order valence-corrected chi connectivity index (χ1v) is 8.38. The highest BCUT2D eigenvalue weighted by atomic mass is 32.2. The van der Waals surface area contributed by atoms with Crippen LogP contribution in [0.2, 0.25) is 0 Å². The minimum absolute atomic E-state index is 0.0565. The van der Waals surface area contributed by atoms with Crippen molar-refractivity contribution in [1.29, 1.82) is 0 Å². The zero-order chi connectivity index (χ0) is 13.7. The summed E-state index contributed by atoms with van der Waals surface area (Å²) in [5.41, 5.74) is 5.86. The van der Waals surface area contributed by atoms with Crippen molar-refractivity contribution in [2.45, 2.75) is 37.2 Å². The van der Waals surface area contributed by atoms with Gasteiger partial charge in [-0.25, -0.2) is 4.79 Å². The molecule has 1 heterocycles. The number of nitrogens with two attached hydrogens (primary N) is 1. The van der Waals surface area contributed by atoms with Gasteiger partial charge in [-0.3, -0.25) is 4.79 Å². The molecule has 1 amide bonds. The van der Waals surface area contributed by atoms with Crippen molar-refractivity contribution in [3.8, 4) is 0 Å². The molecule has 1 rings (SSSR count). The van der Waals surface area contributed by atoms with Crippen LogP contribution in [-0.2, 0) is 9.59 Å². The molecule has 0 aliphatic carbocycles. The monoisotopic (exact) mass is 292 g/mol. The summed E-state index contributed by atoms with van der Waals surface area (Å²) in [4.78, 5) is 24.9. The minimum Gasteiger partial charge on any atom is -0.480 e. The van der Waals surface area contributed by atoms with E-state index in [0.29, 0.717) is 12.2 Å². The van der Waals surface area contributed by atoms with Gasteiger partial charge < -0.3 is 15.7 Å². The van der Waals surface area contributed by atoms with Crippen LogP contribution in [0.25, 0.3) is 0 Å². The van der Waals surface area contributed by atoms with Gasteiger partial charge in [0.2, 0.25) is 5.91 Å². The van der Waals surface area contributed by atoms with Gasteiger partial charge in [0.25, 0.3) is 0 Å². The number of nitrogens with zero attached hydrogens (tertiary/aromatic N) is 1. The molecule has 104 valence electrons. The van der Waals surface area contributed by atoms with Crippen molar-refractivity contribution in [3.63, 3.8) is 0 Å². The average molecular weight is 292 g/mol. The summed E-state index contributed by atoms with van der Waals surface area (Å²) in [6.07, 6.45) is 3.29. The van der Waals surface area contributed by atoms with E-state index in [2.05, 4.69) is 0 Å². The molecule has 0 radical (unpaired) electrons.